The minimum absolute atomic E-state index is 0.259. The first-order chi connectivity index (χ1) is 8.01. The first-order valence-corrected chi connectivity index (χ1v) is 5.50. The summed E-state index contributed by atoms with van der Waals surface area (Å²) in [5.41, 5.74) is -1.34. The lowest BCUT2D eigenvalue weighted by molar-refractivity contribution is -0.146. The maximum Gasteiger partial charge on any atom is 0.329 e. The molecule has 0 bridgehead atoms. The highest BCUT2D eigenvalue weighted by Gasteiger charge is 2.36. The standard InChI is InChI=1S/C11H21N3O4/c1-7(8(15)13(4)5)12-10(18)14(6)11(2,3)9(16)17/h7H,1-6H3,(H,12,18)(H,16,17). The molecule has 3 amide bonds. The number of hydrogen-bond acceptors (Lipinski definition) is 3. The van der Waals surface area contributed by atoms with Gasteiger partial charge in [-0.05, 0) is 20.8 Å². The van der Waals surface area contributed by atoms with Crippen LogP contribution in [-0.4, -0.2) is 65.5 Å². The Morgan fingerprint density at radius 2 is 1.61 bits per heavy atom. The normalized spacial score (nSPS) is 12.6. The number of hydrogen-bond donors (Lipinski definition) is 2. The molecule has 0 saturated carbocycles. The topological polar surface area (TPSA) is 90.0 Å². The molecule has 104 valence electrons. The van der Waals surface area contributed by atoms with Crippen LogP contribution in [0.2, 0.25) is 0 Å². The molecule has 0 radical (unpaired) electrons. The Hall–Kier alpha value is -1.79. The van der Waals surface area contributed by atoms with Crippen LogP contribution in [0.4, 0.5) is 4.79 Å². The fourth-order valence-corrected chi connectivity index (χ4v) is 1.13. The van der Waals surface area contributed by atoms with Gasteiger partial charge in [-0.25, -0.2) is 9.59 Å². The summed E-state index contributed by atoms with van der Waals surface area (Å²) in [4.78, 5) is 36.8. The van der Waals surface area contributed by atoms with E-state index in [2.05, 4.69) is 5.32 Å². The third-order valence-corrected chi connectivity index (χ3v) is 2.82. The smallest absolute Gasteiger partial charge is 0.329 e. The van der Waals surface area contributed by atoms with Crippen LogP contribution in [-0.2, 0) is 9.59 Å². The highest BCUT2D eigenvalue weighted by Crippen LogP contribution is 2.12. The van der Waals surface area contributed by atoms with E-state index in [9.17, 15) is 14.4 Å². The van der Waals surface area contributed by atoms with E-state index in [1.165, 1.54) is 25.8 Å². The molecule has 0 aromatic rings. The van der Waals surface area contributed by atoms with Gasteiger partial charge in [-0.3, -0.25) is 4.79 Å². The van der Waals surface area contributed by atoms with Gasteiger partial charge in [0.15, 0.2) is 0 Å². The summed E-state index contributed by atoms with van der Waals surface area (Å²) in [6.45, 7) is 4.36. The third kappa shape index (κ3) is 3.61. The van der Waals surface area contributed by atoms with E-state index in [1.54, 1.807) is 21.0 Å². The summed E-state index contributed by atoms with van der Waals surface area (Å²) < 4.78 is 0. The summed E-state index contributed by atoms with van der Waals surface area (Å²) in [5, 5.41) is 11.4. The number of aliphatic carboxylic acids is 1. The number of likely N-dealkylation sites (N-methyl/N-ethyl adjacent to an activating group) is 2. The van der Waals surface area contributed by atoms with Gasteiger partial charge in [-0.2, -0.15) is 0 Å². The van der Waals surface area contributed by atoms with Gasteiger partial charge in [0.1, 0.15) is 11.6 Å². The Labute approximate surface area is 107 Å². The number of carboxylic acids is 1. The summed E-state index contributed by atoms with van der Waals surface area (Å²) in [7, 11) is 4.53. The van der Waals surface area contributed by atoms with Gasteiger partial charge in [-0.15, -0.1) is 0 Å². The Balaban J connectivity index is 4.70. The van der Waals surface area contributed by atoms with Crippen molar-refractivity contribution in [3.63, 3.8) is 0 Å². The number of amides is 3. The fraction of sp³-hybridized carbons (Fsp3) is 0.727. The molecule has 0 aromatic heterocycles. The molecule has 0 aliphatic carbocycles. The Morgan fingerprint density at radius 3 is 1.94 bits per heavy atom. The lowest BCUT2D eigenvalue weighted by Gasteiger charge is -2.32. The van der Waals surface area contributed by atoms with Gasteiger partial charge in [0.25, 0.3) is 0 Å². The maximum absolute atomic E-state index is 11.8. The second-order valence-electron chi connectivity index (χ2n) is 4.83. The van der Waals surface area contributed by atoms with E-state index in [0.29, 0.717) is 0 Å². The highest BCUT2D eigenvalue weighted by molar-refractivity contribution is 5.89. The minimum atomic E-state index is -1.34. The van der Waals surface area contributed by atoms with Gasteiger partial charge in [0.2, 0.25) is 5.91 Å². The molecule has 0 aliphatic rings. The SMILES string of the molecule is CC(NC(=O)N(C)C(C)(C)C(=O)O)C(=O)N(C)C. The predicted octanol–water partition coefficient (Wildman–Crippen LogP) is -0.0323. The highest BCUT2D eigenvalue weighted by atomic mass is 16.4. The van der Waals surface area contributed by atoms with Crippen molar-refractivity contribution in [2.45, 2.75) is 32.4 Å². The Bertz CT molecular complexity index is 352. The van der Waals surface area contributed by atoms with Crippen LogP contribution in [0.3, 0.4) is 0 Å². The number of carbonyl (C=O) groups excluding carboxylic acids is 2. The summed E-state index contributed by atoms with van der Waals surface area (Å²) in [6.07, 6.45) is 0. The molecule has 0 rings (SSSR count). The van der Waals surface area contributed by atoms with Crippen molar-refractivity contribution < 1.29 is 19.5 Å². The van der Waals surface area contributed by atoms with Crippen molar-refractivity contribution in [1.29, 1.82) is 0 Å². The quantitative estimate of drug-likeness (QED) is 0.741. The van der Waals surface area contributed by atoms with Crippen molar-refractivity contribution in [3.05, 3.63) is 0 Å². The van der Waals surface area contributed by atoms with Crippen molar-refractivity contribution in [1.82, 2.24) is 15.1 Å². The van der Waals surface area contributed by atoms with Crippen LogP contribution in [0.5, 0.6) is 0 Å². The van der Waals surface area contributed by atoms with Gasteiger partial charge >= 0.3 is 12.0 Å². The van der Waals surface area contributed by atoms with Gasteiger partial charge in [0, 0.05) is 21.1 Å². The number of urea groups is 1. The van der Waals surface area contributed by atoms with E-state index >= 15 is 0 Å². The third-order valence-electron chi connectivity index (χ3n) is 2.82. The Morgan fingerprint density at radius 1 is 1.17 bits per heavy atom. The molecule has 0 aromatic carbocycles. The first-order valence-electron chi connectivity index (χ1n) is 5.50. The van der Waals surface area contributed by atoms with Crippen molar-refractivity contribution >= 4 is 17.9 Å². The lowest BCUT2D eigenvalue weighted by Crippen LogP contribution is -2.57. The number of carbonyl (C=O) groups is 3. The second kappa shape index (κ2) is 5.70. The van der Waals surface area contributed by atoms with Crippen LogP contribution in [0.15, 0.2) is 0 Å². The van der Waals surface area contributed by atoms with E-state index in [0.717, 1.165) is 4.90 Å². The zero-order chi connectivity index (χ0) is 14.7. The van der Waals surface area contributed by atoms with Crippen LogP contribution in [0.25, 0.3) is 0 Å². The molecule has 0 aliphatic heterocycles. The molecule has 0 heterocycles. The fourth-order valence-electron chi connectivity index (χ4n) is 1.13. The van der Waals surface area contributed by atoms with Crippen molar-refractivity contribution in [2.24, 2.45) is 0 Å². The molecule has 0 spiro atoms. The number of nitrogens with one attached hydrogen (secondary N) is 1. The van der Waals surface area contributed by atoms with Crippen LogP contribution < -0.4 is 5.32 Å². The molecule has 0 fully saturated rings. The van der Waals surface area contributed by atoms with E-state index in [-0.39, 0.29) is 5.91 Å². The zero-order valence-electron chi connectivity index (χ0n) is 11.6. The molecule has 7 nitrogen and oxygen atoms in total. The van der Waals surface area contributed by atoms with E-state index in [1.807, 2.05) is 0 Å². The second-order valence-corrected chi connectivity index (χ2v) is 4.83. The monoisotopic (exact) mass is 259 g/mol. The number of rotatable bonds is 4. The van der Waals surface area contributed by atoms with Crippen molar-refractivity contribution in [3.8, 4) is 0 Å². The molecule has 0 saturated heterocycles. The van der Waals surface area contributed by atoms with Gasteiger partial charge < -0.3 is 20.2 Å². The van der Waals surface area contributed by atoms with E-state index < -0.39 is 23.6 Å². The number of carboxylic acid groups (broad SMARTS) is 1. The summed E-state index contributed by atoms with van der Waals surface area (Å²) in [6, 6.07) is -1.32. The molecule has 1 unspecified atom stereocenters. The molecular weight excluding hydrogens is 238 g/mol. The molecule has 18 heavy (non-hydrogen) atoms. The van der Waals surface area contributed by atoms with Crippen molar-refractivity contribution in [2.75, 3.05) is 21.1 Å². The summed E-state index contributed by atoms with van der Waals surface area (Å²) >= 11 is 0. The average Bonchev–Trinajstić information content (AvgIpc) is 2.25. The lowest BCUT2D eigenvalue weighted by atomic mass is 10.0. The van der Waals surface area contributed by atoms with Crippen LogP contribution in [0, 0.1) is 0 Å². The van der Waals surface area contributed by atoms with Crippen LogP contribution >= 0.6 is 0 Å². The molecule has 2 N–H and O–H groups in total. The van der Waals surface area contributed by atoms with Gasteiger partial charge in [0.05, 0.1) is 0 Å². The van der Waals surface area contributed by atoms with E-state index in [4.69, 9.17) is 5.11 Å². The number of nitrogens with zero attached hydrogens (tertiary/aromatic N) is 2. The average molecular weight is 259 g/mol. The largest absolute Gasteiger partial charge is 0.480 e. The first kappa shape index (κ1) is 16.2. The molecule has 7 heteroatoms. The van der Waals surface area contributed by atoms with Crippen LogP contribution in [0.1, 0.15) is 20.8 Å². The molecular formula is C11H21N3O4. The Kier molecular flexibility index (Phi) is 5.13. The minimum Gasteiger partial charge on any atom is -0.480 e. The molecule has 1 atom stereocenters. The van der Waals surface area contributed by atoms with Gasteiger partial charge in [-0.1, -0.05) is 0 Å². The zero-order valence-corrected chi connectivity index (χ0v) is 11.6. The summed E-state index contributed by atoms with van der Waals surface area (Å²) in [5.74, 6) is -1.38. The predicted molar refractivity (Wildman–Crippen MR) is 66.2 cm³/mol. The maximum atomic E-state index is 11.8.